The first-order chi connectivity index (χ1) is 3.89. The molecule has 2 aliphatic rings. The Bertz CT molecular complexity index is 92.7. The van der Waals surface area contributed by atoms with Crippen LogP contribution in [0.3, 0.4) is 0 Å². The molecule has 0 N–H and O–H groups in total. The third-order valence-electron chi connectivity index (χ3n) is 2.00. The van der Waals surface area contributed by atoms with E-state index in [0.29, 0.717) is 17.4 Å². The number of rotatable bonds is 0. The molecule has 8 heavy (non-hydrogen) atoms. The van der Waals surface area contributed by atoms with Gasteiger partial charge in [0.2, 0.25) is 0 Å². The lowest BCUT2D eigenvalue weighted by Gasteiger charge is -2.06. The van der Waals surface area contributed by atoms with Gasteiger partial charge in [-0.15, -0.1) is 11.6 Å². The lowest BCUT2D eigenvalue weighted by Crippen LogP contribution is -2.05. The summed E-state index contributed by atoms with van der Waals surface area (Å²) in [5.74, 6) is 0.713. The van der Waals surface area contributed by atoms with Gasteiger partial charge in [0, 0.05) is 12.5 Å². The lowest BCUT2D eigenvalue weighted by molar-refractivity contribution is 0.0801. The van der Waals surface area contributed by atoms with E-state index in [4.69, 9.17) is 16.3 Å². The highest BCUT2D eigenvalue weighted by molar-refractivity contribution is 6.23. The predicted octanol–water partition coefficient (Wildman–Crippen LogP) is 1.40. The van der Waals surface area contributed by atoms with Crippen LogP contribution >= 0.6 is 11.6 Å². The standard InChI is InChI=1S/C6H9ClO/c7-5-4-2-1-3-8-6(4)5/h4-6H,1-3H2/t4-,5+,6-/m1/s1. The van der Waals surface area contributed by atoms with E-state index in [2.05, 4.69) is 0 Å². The molecule has 1 heterocycles. The largest absolute Gasteiger partial charge is 0.376 e. The van der Waals surface area contributed by atoms with Crippen molar-refractivity contribution in [2.24, 2.45) is 5.92 Å². The zero-order chi connectivity index (χ0) is 5.56. The summed E-state index contributed by atoms with van der Waals surface area (Å²) in [5.41, 5.74) is 0. The van der Waals surface area contributed by atoms with Gasteiger partial charge in [0.05, 0.1) is 11.5 Å². The van der Waals surface area contributed by atoms with Gasteiger partial charge in [0.25, 0.3) is 0 Å². The highest BCUT2D eigenvalue weighted by atomic mass is 35.5. The van der Waals surface area contributed by atoms with Crippen molar-refractivity contribution >= 4 is 11.6 Å². The maximum Gasteiger partial charge on any atom is 0.0785 e. The maximum atomic E-state index is 5.83. The lowest BCUT2D eigenvalue weighted by atomic mass is 10.2. The number of halogens is 1. The van der Waals surface area contributed by atoms with Crippen molar-refractivity contribution in [2.45, 2.75) is 24.3 Å². The van der Waals surface area contributed by atoms with E-state index >= 15 is 0 Å². The van der Waals surface area contributed by atoms with E-state index < -0.39 is 0 Å². The van der Waals surface area contributed by atoms with E-state index in [0.717, 1.165) is 6.61 Å². The van der Waals surface area contributed by atoms with Crippen molar-refractivity contribution in [3.63, 3.8) is 0 Å². The molecule has 3 atom stereocenters. The van der Waals surface area contributed by atoms with Crippen molar-refractivity contribution in [1.82, 2.24) is 0 Å². The molecule has 1 saturated heterocycles. The smallest absolute Gasteiger partial charge is 0.0785 e. The topological polar surface area (TPSA) is 9.23 Å². The van der Waals surface area contributed by atoms with Gasteiger partial charge >= 0.3 is 0 Å². The Morgan fingerprint density at radius 2 is 2.38 bits per heavy atom. The summed E-state index contributed by atoms with van der Waals surface area (Å²) in [6, 6.07) is 0. The molecule has 0 aromatic carbocycles. The average Bonchev–Trinajstić information content (AvgIpc) is 2.46. The molecule has 0 aromatic heterocycles. The van der Waals surface area contributed by atoms with Gasteiger partial charge in [-0.3, -0.25) is 0 Å². The summed E-state index contributed by atoms with van der Waals surface area (Å²) in [6.45, 7) is 0.935. The molecule has 46 valence electrons. The van der Waals surface area contributed by atoms with Crippen LogP contribution in [-0.2, 0) is 4.74 Å². The molecule has 0 aromatic rings. The molecule has 2 fully saturated rings. The summed E-state index contributed by atoms with van der Waals surface area (Å²) in [6.07, 6.45) is 2.94. The summed E-state index contributed by atoms with van der Waals surface area (Å²) in [7, 11) is 0. The molecule has 2 heteroatoms. The van der Waals surface area contributed by atoms with Gasteiger partial charge in [0.1, 0.15) is 0 Å². The number of ether oxygens (including phenoxy) is 1. The fourth-order valence-corrected chi connectivity index (χ4v) is 1.83. The molecule has 1 nitrogen and oxygen atoms in total. The first kappa shape index (κ1) is 5.07. The maximum absolute atomic E-state index is 5.83. The second-order valence-electron chi connectivity index (χ2n) is 2.59. The van der Waals surface area contributed by atoms with E-state index in [1.807, 2.05) is 0 Å². The van der Waals surface area contributed by atoms with Crippen LogP contribution in [0.1, 0.15) is 12.8 Å². The third kappa shape index (κ3) is 0.579. The molecule has 0 spiro atoms. The van der Waals surface area contributed by atoms with Gasteiger partial charge in [-0.1, -0.05) is 0 Å². The van der Waals surface area contributed by atoms with Crippen molar-refractivity contribution < 1.29 is 4.74 Å². The molecule has 0 radical (unpaired) electrons. The van der Waals surface area contributed by atoms with Gasteiger partial charge in [-0.2, -0.15) is 0 Å². The Morgan fingerprint density at radius 3 is 2.88 bits per heavy atom. The van der Waals surface area contributed by atoms with Crippen LogP contribution in [0.5, 0.6) is 0 Å². The van der Waals surface area contributed by atoms with Crippen LogP contribution in [0.2, 0.25) is 0 Å². The molecule has 1 aliphatic carbocycles. The molecule has 1 saturated carbocycles. The molecular formula is C6H9ClO. The summed E-state index contributed by atoms with van der Waals surface area (Å²) < 4.78 is 5.33. The van der Waals surface area contributed by atoms with Gasteiger partial charge < -0.3 is 4.74 Å². The average molecular weight is 133 g/mol. The van der Waals surface area contributed by atoms with Crippen molar-refractivity contribution in [1.29, 1.82) is 0 Å². The normalized spacial score (nSPS) is 52.9. The fourth-order valence-electron chi connectivity index (χ4n) is 1.38. The molecule has 1 aliphatic heterocycles. The minimum absolute atomic E-state index is 0.359. The van der Waals surface area contributed by atoms with Crippen LogP contribution in [-0.4, -0.2) is 18.1 Å². The minimum atomic E-state index is 0.359. The predicted molar refractivity (Wildman–Crippen MR) is 32.1 cm³/mol. The van der Waals surface area contributed by atoms with E-state index in [1.54, 1.807) is 0 Å². The van der Waals surface area contributed by atoms with E-state index in [9.17, 15) is 0 Å². The fraction of sp³-hybridized carbons (Fsp3) is 1.00. The zero-order valence-electron chi connectivity index (χ0n) is 4.64. The van der Waals surface area contributed by atoms with Gasteiger partial charge in [0.15, 0.2) is 0 Å². The number of hydrogen-bond donors (Lipinski definition) is 0. The molecule has 0 amide bonds. The Labute approximate surface area is 54.0 Å². The quantitative estimate of drug-likeness (QED) is 0.453. The molecule has 0 bridgehead atoms. The number of hydrogen-bond acceptors (Lipinski definition) is 1. The van der Waals surface area contributed by atoms with Crippen molar-refractivity contribution in [2.75, 3.05) is 6.61 Å². The van der Waals surface area contributed by atoms with Crippen molar-refractivity contribution in [3.8, 4) is 0 Å². The second kappa shape index (κ2) is 1.61. The summed E-state index contributed by atoms with van der Waals surface area (Å²) in [5, 5.41) is 0.359. The highest BCUT2D eigenvalue weighted by Gasteiger charge is 2.51. The summed E-state index contributed by atoms with van der Waals surface area (Å²) >= 11 is 5.83. The summed E-state index contributed by atoms with van der Waals surface area (Å²) in [4.78, 5) is 0. The van der Waals surface area contributed by atoms with Crippen LogP contribution in [0, 0.1) is 5.92 Å². The first-order valence-corrected chi connectivity index (χ1v) is 3.59. The highest BCUT2D eigenvalue weighted by Crippen LogP contribution is 2.45. The van der Waals surface area contributed by atoms with Crippen LogP contribution < -0.4 is 0 Å². The SMILES string of the molecule is Cl[C@H]1[C@H]2CCCO[C@@H]12. The monoisotopic (exact) mass is 132 g/mol. The van der Waals surface area contributed by atoms with Crippen LogP contribution in [0.25, 0.3) is 0 Å². The van der Waals surface area contributed by atoms with E-state index in [1.165, 1.54) is 12.8 Å². The van der Waals surface area contributed by atoms with Crippen molar-refractivity contribution in [3.05, 3.63) is 0 Å². The van der Waals surface area contributed by atoms with E-state index in [-0.39, 0.29) is 0 Å². The Balaban J connectivity index is 1.97. The number of fused-ring (bicyclic) bond motifs is 1. The van der Waals surface area contributed by atoms with Gasteiger partial charge in [-0.25, -0.2) is 0 Å². The Morgan fingerprint density at radius 1 is 1.50 bits per heavy atom. The van der Waals surface area contributed by atoms with Crippen LogP contribution in [0.15, 0.2) is 0 Å². The van der Waals surface area contributed by atoms with Crippen LogP contribution in [0.4, 0.5) is 0 Å². The number of alkyl halides is 1. The molecule has 0 unspecified atom stereocenters. The minimum Gasteiger partial charge on any atom is -0.376 e. The first-order valence-electron chi connectivity index (χ1n) is 3.15. The Kier molecular flexibility index (Phi) is 1.02. The third-order valence-corrected chi connectivity index (χ3v) is 2.57. The Hall–Kier alpha value is 0.250. The molecular weight excluding hydrogens is 124 g/mol. The second-order valence-corrected chi connectivity index (χ2v) is 3.09. The zero-order valence-corrected chi connectivity index (χ0v) is 5.40. The molecule has 2 rings (SSSR count). The van der Waals surface area contributed by atoms with Gasteiger partial charge in [-0.05, 0) is 12.8 Å².